The van der Waals surface area contributed by atoms with Crippen LogP contribution in [0.25, 0.3) is 0 Å². The van der Waals surface area contributed by atoms with E-state index in [0.717, 1.165) is 19.3 Å². The molecule has 0 heterocycles. The van der Waals surface area contributed by atoms with Crippen LogP contribution in [0.3, 0.4) is 0 Å². The van der Waals surface area contributed by atoms with Gasteiger partial charge in [-0.3, -0.25) is 10.2 Å². The van der Waals surface area contributed by atoms with Gasteiger partial charge < -0.3 is 10.8 Å². The lowest BCUT2D eigenvalue weighted by atomic mass is 10.1. The fraction of sp³-hybridized carbons (Fsp3) is 0.533. The van der Waals surface area contributed by atoms with Gasteiger partial charge >= 0.3 is 5.97 Å². The zero-order valence-corrected chi connectivity index (χ0v) is 12.0. The SMILES string of the molecule is CC(Cc1ccccc1)NNC(CCCCN)C(=O)O. The minimum Gasteiger partial charge on any atom is -0.480 e. The van der Waals surface area contributed by atoms with E-state index in [0.29, 0.717) is 13.0 Å². The van der Waals surface area contributed by atoms with Gasteiger partial charge in [0, 0.05) is 6.04 Å². The number of aliphatic carboxylic acids is 1. The van der Waals surface area contributed by atoms with E-state index in [9.17, 15) is 4.79 Å². The fourth-order valence-corrected chi connectivity index (χ4v) is 2.01. The van der Waals surface area contributed by atoms with Crippen LogP contribution in [0.15, 0.2) is 30.3 Å². The lowest BCUT2D eigenvalue weighted by Crippen LogP contribution is -2.49. The Labute approximate surface area is 120 Å². The molecule has 112 valence electrons. The molecule has 0 aliphatic heterocycles. The number of hydrazine groups is 1. The van der Waals surface area contributed by atoms with E-state index < -0.39 is 12.0 Å². The molecule has 0 saturated heterocycles. The van der Waals surface area contributed by atoms with E-state index in [2.05, 4.69) is 23.0 Å². The third-order valence-electron chi connectivity index (χ3n) is 3.13. The van der Waals surface area contributed by atoms with Gasteiger partial charge in [0.15, 0.2) is 0 Å². The first-order valence-electron chi connectivity index (χ1n) is 7.11. The van der Waals surface area contributed by atoms with Gasteiger partial charge in [0.2, 0.25) is 0 Å². The normalized spacial score (nSPS) is 13.9. The van der Waals surface area contributed by atoms with Crippen molar-refractivity contribution in [2.75, 3.05) is 6.54 Å². The maximum absolute atomic E-state index is 11.1. The smallest absolute Gasteiger partial charge is 0.322 e. The molecule has 2 atom stereocenters. The van der Waals surface area contributed by atoms with Crippen molar-refractivity contribution in [2.45, 2.75) is 44.7 Å². The summed E-state index contributed by atoms with van der Waals surface area (Å²) in [5.74, 6) is -0.832. The molecule has 0 spiro atoms. The van der Waals surface area contributed by atoms with Crippen molar-refractivity contribution < 1.29 is 9.90 Å². The van der Waals surface area contributed by atoms with Crippen molar-refractivity contribution in [3.05, 3.63) is 35.9 Å². The summed E-state index contributed by atoms with van der Waals surface area (Å²) in [5.41, 5.74) is 12.6. The lowest BCUT2D eigenvalue weighted by molar-refractivity contribution is -0.140. The Morgan fingerprint density at radius 1 is 1.25 bits per heavy atom. The molecule has 0 radical (unpaired) electrons. The number of hydrogen-bond acceptors (Lipinski definition) is 4. The molecular formula is C15H25N3O2. The Bertz CT molecular complexity index is 384. The molecule has 1 aromatic carbocycles. The van der Waals surface area contributed by atoms with Crippen molar-refractivity contribution in [1.82, 2.24) is 10.9 Å². The average Bonchev–Trinajstić information content (AvgIpc) is 2.43. The highest BCUT2D eigenvalue weighted by molar-refractivity contribution is 5.73. The maximum atomic E-state index is 11.1. The number of nitrogens with one attached hydrogen (secondary N) is 2. The molecule has 0 saturated carbocycles. The van der Waals surface area contributed by atoms with Crippen LogP contribution in [0.5, 0.6) is 0 Å². The molecule has 5 N–H and O–H groups in total. The molecule has 5 nitrogen and oxygen atoms in total. The number of nitrogens with two attached hydrogens (primary N) is 1. The van der Waals surface area contributed by atoms with Crippen LogP contribution >= 0.6 is 0 Å². The summed E-state index contributed by atoms with van der Waals surface area (Å²) < 4.78 is 0. The number of benzene rings is 1. The highest BCUT2D eigenvalue weighted by atomic mass is 16.4. The van der Waals surface area contributed by atoms with Crippen LogP contribution in [0, 0.1) is 0 Å². The van der Waals surface area contributed by atoms with Gasteiger partial charge in [0.25, 0.3) is 0 Å². The van der Waals surface area contributed by atoms with E-state index in [1.165, 1.54) is 5.56 Å². The van der Waals surface area contributed by atoms with E-state index >= 15 is 0 Å². The predicted molar refractivity (Wildman–Crippen MR) is 80.2 cm³/mol. The monoisotopic (exact) mass is 279 g/mol. The van der Waals surface area contributed by atoms with E-state index in [4.69, 9.17) is 10.8 Å². The predicted octanol–water partition coefficient (Wildman–Crippen LogP) is 1.29. The summed E-state index contributed by atoms with van der Waals surface area (Å²) in [7, 11) is 0. The van der Waals surface area contributed by atoms with Crippen molar-refractivity contribution >= 4 is 5.97 Å². The van der Waals surface area contributed by atoms with Crippen molar-refractivity contribution in [1.29, 1.82) is 0 Å². The summed E-state index contributed by atoms with van der Waals surface area (Å²) in [6.07, 6.45) is 3.10. The van der Waals surface area contributed by atoms with Crippen LogP contribution in [0.1, 0.15) is 31.7 Å². The highest BCUT2D eigenvalue weighted by Gasteiger charge is 2.16. The lowest BCUT2D eigenvalue weighted by Gasteiger charge is -2.19. The van der Waals surface area contributed by atoms with Crippen LogP contribution in [0.4, 0.5) is 0 Å². The largest absolute Gasteiger partial charge is 0.480 e. The molecule has 0 aromatic heterocycles. The minimum absolute atomic E-state index is 0.161. The van der Waals surface area contributed by atoms with Crippen LogP contribution in [0.2, 0.25) is 0 Å². The molecule has 0 aliphatic rings. The summed E-state index contributed by atoms with van der Waals surface area (Å²) >= 11 is 0. The first-order chi connectivity index (χ1) is 9.63. The van der Waals surface area contributed by atoms with Crippen molar-refractivity contribution in [3.63, 3.8) is 0 Å². The molecule has 0 bridgehead atoms. The van der Waals surface area contributed by atoms with Gasteiger partial charge in [0.1, 0.15) is 6.04 Å². The van der Waals surface area contributed by atoms with Gasteiger partial charge in [0.05, 0.1) is 0 Å². The molecular weight excluding hydrogens is 254 g/mol. The Kier molecular flexibility index (Phi) is 7.87. The number of unbranched alkanes of at least 4 members (excludes halogenated alkanes) is 1. The van der Waals surface area contributed by atoms with Gasteiger partial charge in [-0.15, -0.1) is 0 Å². The fourth-order valence-electron chi connectivity index (χ4n) is 2.01. The number of rotatable bonds is 10. The number of carboxylic acid groups (broad SMARTS) is 1. The third-order valence-corrected chi connectivity index (χ3v) is 3.13. The summed E-state index contributed by atoms with van der Waals surface area (Å²) in [4.78, 5) is 11.1. The molecule has 1 aromatic rings. The van der Waals surface area contributed by atoms with Crippen LogP contribution < -0.4 is 16.6 Å². The number of carboxylic acids is 1. The standard InChI is InChI=1S/C15H25N3O2/c1-12(11-13-7-3-2-4-8-13)17-18-14(15(19)20)9-5-6-10-16/h2-4,7-8,12,14,17-18H,5-6,9-11,16H2,1H3,(H,19,20). The number of carbonyl (C=O) groups is 1. The molecule has 0 fully saturated rings. The number of hydrogen-bond donors (Lipinski definition) is 4. The molecule has 0 aliphatic carbocycles. The molecule has 20 heavy (non-hydrogen) atoms. The van der Waals surface area contributed by atoms with E-state index in [-0.39, 0.29) is 6.04 Å². The second kappa shape index (κ2) is 9.47. The van der Waals surface area contributed by atoms with Crippen LogP contribution in [-0.4, -0.2) is 29.7 Å². The van der Waals surface area contributed by atoms with Crippen molar-refractivity contribution in [2.24, 2.45) is 5.73 Å². The maximum Gasteiger partial charge on any atom is 0.322 e. The molecule has 1 rings (SSSR count). The van der Waals surface area contributed by atoms with Gasteiger partial charge in [-0.05, 0) is 44.7 Å². The quantitative estimate of drug-likeness (QED) is 0.383. The zero-order chi connectivity index (χ0) is 14.8. The van der Waals surface area contributed by atoms with E-state index in [1.807, 2.05) is 25.1 Å². The van der Waals surface area contributed by atoms with Crippen LogP contribution in [-0.2, 0) is 11.2 Å². The second-order valence-corrected chi connectivity index (χ2v) is 5.05. The average molecular weight is 279 g/mol. The molecule has 0 amide bonds. The van der Waals surface area contributed by atoms with Gasteiger partial charge in [-0.2, -0.15) is 0 Å². The van der Waals surface area contributed by atoms with Gasteiger partial charge in [-0.25, -0.2) is 5.43 Å². The first-order valence-corrected chi connectivity index (χ1v) is 7.11. The van der Waals surface area contributed by atoms with Crippen molar-refractivity contribution in [3.8, 4) is 0 Å². The Balaban J connectivity index is 2.32. The highest BCUT2D eigenvalue weighted by Crippen LogP contribution is 2.03. The topological polar surface area (TPSA) is 87.4 Å². The first kappa shape index (κ1) is 16.6. The molecule has 5 heteroatoms. The Morgan fingerprint density at radius 2 is 1.95 bits per heavy atom. The van der Waals surface area contributed by atoms with E-state index in [1.54, 1.807) is 0 Å². The third kappa shape index (κ3) is 6.65. The van der Waals surface area contributed by atoms with Gasteiger partial charge in [-0.1, -0.05) is 30.3 Å². The minimum atomic E-state index is -0.832. The Hall–Kier alpha value is -1.43. The summed E-state index contributed by atoms with van der Waals surface area (Å²) in [6.45, 7) is 2.63. The summed E-state index contributed by atoms with van der Waals surface area (Å²) in [5, 5.41) is 9.14. The second-order valence-electron chi connectivity index (χ2n) is 5.05. The molecule has 2 unspecified atom stereocenters. The zero-order valence-electron chi connectivity index (χ0n) is 12.0. The summed E-state index contributed by atoms with van der Waals surface area (Å²) in [6, 6.07) is 9.71. The Morgan fingerprint density at radius 3 is 2.55 bits per heavy atom.